The van der Waals surface area contributed by atoms with E-state index in [1.807, 2.05) is 36.4 Å². The Labute approximate surface area is 168 Å². The zero-order chi connectivity index (χ0) is 21.2. The summed E-state index contributed by atoms with van der Waals surface area (Å²) in [6, 6.07) is 14.6. The van der Waals surface area contributed by atoms with Crippen LogP contribution in [0, 0.1) is 0 Å². The van der Waals surface area contributed by atoms with Crippen molar-refractivity contribution in [1.29, 1.82) is 0 Å². The van der Waals surface area contributed by atoms with E-state index in [-0.39, 0.29) is 31.8 Å². The third-order valence-corrected chi connectivity index (χ3v) is 5.27. The SMILES string of the molecule is CC(C)(NC(=O)O)c1ccc(-c2ccc(C(=O)N3CCC(F)(F)CC3)cc2)cc1. The molecule has 154 valence electrons. The molecule has 0 unspecified atom stereocenters. The van der Waals surface area contributed by atoms with Crippen LogP contribution in [-0.4, -0.2) is 41.0 Å². The van der Waals surface area contributed by atoms with Crippen LogP contribution in [-0.2, 0) is 5.54 Å². The summed E-state index contributed by atoms with van der Waals surface area (Å²) in [5, 5.41) is 11.4. The van der Waals surface area contributed by atoms with Crippen molar-refractivity contribution in [3.63, 3.8) is 0 Å². The first-order valence-electron chi connectivity index (χ1n) is 9.47. The first-order valence-corrected chi connectivity index (χ1v) is 9.47. The number of nitrogens with zero attached hydrogens (tertiary/aromatic N) is 1. The molecule has 0 saturated carbocycles. The van der Waals surface area contributed by atoms with Crippen molar-refractivity contribution in [3.05, 3.63) is 59.7 Å². The lowest BCUT2D eigenvalue weighted by atomic mass is 9.92. The molecule has 3 rings (SSSR count). The van der Waals surface area contributed by atoms with Gasteiger partial charge in [-0.2, -0.15) is 0 Å². The van der Waals surface area contributed by atoms with Gasteiger partial charge in [-0.15, -0.1) is 0 Å². The van der Waals surface area contributed by atoms with Crippen molar-refractivity contribution in [3.8, 4) is 11.1 Å². The highest BCUT2D eigenvalue weighted by atomic mass is 19.3. The number of benzene rings is 2. The number of halogens is 2. The maximum atomic E-state index is 13.3. The molecule has 2 amide bonds. The van der Waals surface area contributed by atoms with Gasteiger partial charge in [0, 0.05) is 31.5 Å². The van der Waals surface area contributed by atoms with E-state index in [1.165, 1.54) is 4.90 Å². The lowest BCUT2D eigenvalue weighted by molar-refractivity contribution is -0.0494. The molecule has 0 aliphatic carbocycles. The van der Waals surface area contributed by atoms with Crippen LogP contribution in [0.25, 0.3) is 11.1 Å². The summed E-state index contributed by atoms with van der Waals surface area (Å²) in [6.45, 7) is 3.70. The van der Waals surface area contributed by atoms with E-state index < -0.39 is 17.6 Å². The van der Waals surface area contributed by atoms with Crippen LogP contribution in [0.15, 0.2) is 48.5 Å². The van der Waals surface area contributed by atoms with E-state index >= 15 is 0 Å². The Kier molecular flexibility index (Phi) is 5.59. The molecule has 29 heavy (non-hydrogen) atoms. The number of piperidine rings is 1. The second kappa shape index (κ2) is 7.81. The molecule has 1 saturated heterocycles. The number of hydrogen-bond acceptors (Lipinski definition) is 2. The van der Waals surface area contributed by atoms with E-state index in [9.17, 15) is 18.4 Å². The van der Waals surface area contributed by atoms with Gasteiger partial charge in [-0.3, -0.25) is 4.79 Å². The maximum Gasteiger partial charge on any atom is 0.405 e. The summed E-state index contributed by atoms with van der Waals surface area (Å²) < 4.78 is 26.6. The summed E-state index contributed by atoms with van der Waals surface area (Å²) in [6.07, 6.45) is -1.68. The molecule has 0 aromatic heterocycles. The molecule has 0 radical (unpaired) electrons. The highest BCUT2D eigenvalue weighted by Gasteiger charge is 2.35. The van der Waals surface area contributed by atoms with Gasteiger partial charge in [-0.05, 0) is 42.7 Å². The largest absolute Gasteiger partial charge is 0.465 e. The van der Waals surface area contributed by atoms with E-state index in [0.717, 1.165) is 16.7 Å². The number of rotatable bonds is 4. The number of likely N-dealkylation sites (tertiary alicyclic amines) is 1. The van der Waals surface area contributed by atoms with Gasteiger partial charge in [0.2, 0.25) is 0 Å². The van der Waals surface area contributed by atoms with Gasteiger partial charge in [0.15, 0.2) is 0 Å². The third-order valence-electron chi connectivity index (χ3n) is 5.27. The Morgan fingerprint density at radius 3 is 1.93 bits per heavy atom. The van der Waals surface area contributed by atoms with Crippen LogP contribution in [0.1, 0.15) is 42.6 Å². The fraction of sp³-hybridized carbons (Fsp3) is 0.364. The molecule has 1 heterocycles. The lowest BCUT2D eigenvalue weighted by Crippen LogP contribution is -2.42. The smallest absolute Gasteiger partial charge is 0.405 e. The average molecular weight is 402 g/mol. The van der Waals surface area contributed by atoms with E-state index in [4.69, 9.17) is 5.11 Å². The molecule has 1 fully saturated rings. The second-order valence-electron chi connectivity index (χ2n) is 7.86. The Morgan fingerprint density at radius 1 is 0.966 bits per heavy atom. The second-order valence-corrected chi connectivity index (χ2v) is 7.86. The van der Waals surface area contributed by atoms with Gasteiger partial charge in [-0.1, -0.05) is 36.4 Å². The summed E-state index contributed by atoms with van der Waals surface area (Å²) >= 11 is 0. The van der Waals surface area contributed by atoms with Gasteiger partial charge >= 0.3 is 6.09 Å². The van der Waals surface area contributed by atoms with Crippen molar-refractivity contribution < 1.29 is 23.5 Å². The van der Waals surface area contributed by atoms with Gasteiger partial charge in [-0.25, -0.2) is 13.6 Å². The van der Waals surface area contributed by atoms with E-state index in [0.29, 0.717) is 5.56 Å². The first kappa shape index (κ1) is 20.8. The minimum atomic E-state index is -2.68. The van der Waals surface area contributed by atoms with Crippen LogP contribution in [0.4, 0.5) is 13.6 Å². The predicted octanol–water partition coefficient (Wildman–Crippen LogP) is 4.73. The normalized spacial score (nSPS) is 16.3. The highest BCUT2D eigenvalue weighted by molar-refractivity contribution is 5.94. The number of carbonyl (C=O) groups excluding carboxylic acids is 1. The first-order chi connectivity index (χ1) is 13.6. The molecule has 2 N–H and O–H groups in total. The molecular formula is C22H24F2N2O3. The fourth-order valence-electron chi connectivity index (χ4n) is 3.44. The standard InChI is InChI=1S/C22H24F2N2O3/c1-21(2,25-20(28)29)18-9-7-16(8-10-18)15-3-5-17(6-4-15)19(27)26-13-11-22(23,24)12-14-26/h3-10,25H,11-14H2,1-2H3,(H,28,29). The molecule has 5 nitrogen and oxygen atoms in total. The number of carbonyl (C=O) groups is 2. The number of amides is 2. The third kappa shape index (κ3) is 4.91. The molecule has 0 bridgehead atoms. The van der Waals surface area contributed by atoms with Crippen LogP contribution < -0.4 is 5.32 Å². The van der Waals surface area contributed by atoms with Crippen LogP contribution in [0.5, 0.6) is 0 Å². The molecule has 0 atom stereocenters. The predicted molar refractivity (Wildman–Crippen MR) is 106 cm³/mol. The van der Waals surface area contributed by atoms with Crippen molar-refractivity contribution in [1.82, 2.24) is 10.2 Å². The molecule has 2 aromatic carbocycles. The molecule has 2 aromatic rings. The Hall–Kier alpha value is -2.96. The zero-order valence-corrected chi connectivity index (χ0v) is 16.4. The highest BCUT2D eigenvalue weighted by Crippen LogP contribution is 2.29. The maximum absolute atomic E-state index is 13.3. The number of carboxylic acid groups (broad SMARTS) is 1. The van der Waals surface area contributed by atoms with E-state index in [1.54, 1.807) is 26.0 Å². The minimum Gasteiger partial charge on any atom is -0.465 e. The summed E-state index contributed by atoms with van der Waals surface area (Å²) in [5.74, 6) is -2.91. The lowest BCUT2D eigenvalue weighted by Gasteiger charge is -2.31. The fourth-order valence-corrected chi connectivity index (χ4v) is 3.44. The topological polar surface area (TPSA) is 69.6 Å². The van der Waals surface area contributed by atoms with Gasteiger partial charge in [0.1, 0.15) is 0 Å². The quantitative estimate of drug-likeness (QED) is 0.777. The average Bonchev–Trinajstić information content (AvgIpc) is 2.67. The van der Waals surface area contributed by atoms with Gasteiger partial charge < -0.3 is 15.3 Å². The van der Waals surface area contributed by atoms with Crippen molar-refractivity contribution in [2.24, 2.45) is 0 Å². The molecule has 7 heteroatoms. The Balaban J connectivity index is 1.70. The Bertz CT molecular complexity index is 883. The molecular weight excluding hydrogens is 378 g/mol. The number of alkyl halides is 2. The summed E-state index contributed by atoms with van der Waals surface area (Å²) in [7, 11) is 0. The Morgan fingerprint density at radius 2 is 1.45 bits per heavy atom. The molecule has 1 aliphatic heterocycles. The molecule has 1 aliphatic rings. The summed E-state index contributed by atoms with van der Waals surface area (Å²) in [4.78, 5) is 24.9. The monoisotopic (exact) mass is 402 g/mol. The van der Waals surface area contributed by atoms with Crippen LogP contribution in [0.2, 0.25) is 0 Å². The minimum absolute atomic E-state index is 0.0647. The van der Waals surface area contributed by atoms with Crippen molar-refractivity contribution in [2.45, 2.75) is 38.2 Å². The van der Waals surface area contributed by atoms with Gasteiger partial charge in [0.25, 0.3) is 11.8 Å². The van der Waals surface area contributed by atoms with Crippen LogP contribution >= 0.6 is 0 Å². The summed E-state index contributed by atoms with van der Waals surface area (Å²) in [5.41, 5.74) is 2.42. The molecule has 0 spiro atoms. The van der Waals surface area contributed by atoms with Gasteiger partial charge in [0.05, 0.1) is 5.54 Å². The van der Waals surface area contributed by atoms with Crippen molar-refractivity contribution in [2.75, 3.05) is 13.1 Å². The zero-order valence-electron chi connectivity index (χ0n) is 16.4. The number of nitrogens with one attached hydrogen (secondary N) is 1. The number of hydrogen-bond donors (Lipinski definition) is 2. The van der Waals surface area contributed by atoms with Crippen LogP contribution in [0.3, 0.4) is 0 Å². The van der Waals surface area contributed by atoms with E-state index in [2.05, 4.69) is 5.32 Å². The van der Waals surface area contributed by atoms with Crippen molar-refractivity contribution >= 4 is 12.0 Å².